The van der Waals surface area contributed by atoms with E-state index in [9.17, 15) is 9.59 Å². The largest absolute Gasteiger partial charge is 0.378 e. The molecule has 3 aliphatic heterocycles. The standard InChI is InChI=1S/C22H25N3O3/c26-18-12-17(23-21(14-18)24-7-9-28-10-8-24)13-22(27)25-19-4-2-1-3-16(19)11-20(25)15-5-6-15/h1-4,14-15,20H,5-13H2/t20-/m1/s1. The van der Waals surface area contributed by atoms with E-state index < -0.39 is 0 Å². The normalized spacial score (nSPS) is 24.7. The average molecular weight is 379 g/mol. The van der Waals surface area contributed by atoms with Crippen molar-refractivity contribution in [2.24, 2.45) is 10.9 Å². The zero-order chi connectivity index (χ0) is 19.1. The molecule has 1 aromatic rings. The van der Waals surface area contributed by atoms with Gasteiger partial charge in [-0.3, -0.25) is 9.59 Å². The number of carbonyl (C=O) groups is 2. The van der Waals surface area contributed by atoms with E-state index in [2.05, 4.69) is 16.0 Å². The average Bonchev–Trinajstić information content (AvgIpc) is 3.48. The third kappa shape index (κ3) is 3.37. The van der Waals surface area contributed by atoms with Gasteiger partial charge < -0.3 is 14.5 Å². The molecule has 0 spiro atoms. The number of rotatable bonds is 4. The third-order valence-electron chi connectivity index (χ3n) is 6.08. The summed E-state index contributed by atoms with van der Waals surface area (Å²) in [6, 6.07) is 8.47. The van der Waals surface area contributed by atoms with Crippen LogP contribution < -0.4 is 4.90 Å². The predicted molar refractivity (Wildman–Crippen MR) is 106 cm³/mol. The van der Waals surface area contributed by atoms with Gasteiger partial charge in [0, 0.05) is 43.0 Å². The maximum absolute atomic E-state index is 13.3. The second kappa shape index (κ2) is 7.17. The summed E-state index contributed by atoms with van der Waals surface area (Å²) in [4.78, 5) is 34.3. The number of benzene rings is 1. The molecule has 1 saturated heterocycles. The van der Waals surface area contributed by atoms with E-state index in [0.29, 0.717) is 30.7 Å². The second-order valence-corrected chi connectivity index (χ2v) is 8.10. The summed E-state index contributed by atoms with van der Waals surface area (Å²) >= 11 is 0. The van der Waals surface area contributed by atoms with Crippen molar-refractivity contribution in [1.82, 2.24) is 4.90 Å². The molecular weight excluding hydrogens is 354 g/mol. The number of anilines is 1. The number of amides is 1. The van der Waals surface area contributed by atoms with Gasteiger partial charge in [0.2, 0.25) is 5.91 Å². The Bertz CT molecular complexity index is 866. The molecule has 1 saturated carbocycles. The fourth-order valence-electron chi connectivity index (χ4n) is 4.54. The molecule has 0 aromatic heterocycles. The fraction of sp³-hybridized carbons (Fsp3) is 0.500. The molecule has 4 aliphatic rings. The van der Waals surface area contributed by atoms with Gasteiger partial charge in [-0.05, 0) is 36.8 Å². The molecule has 6 heteroatoms. The first-order chi connectivity index (χ1) is 13.7. The van der Waals surface area contributed by atoms with Gasteiger partial charge in [0.05, 0.1) is 19.6 Å². The minimum Gasteiger partial charge on any atom is -0.378 e. The molecule has 0 N–H and O–H groups in total. The summed E-state index contributed by atoms with van der Waals surface area (Å²) in [5.74, 6) is 1.38. The summed E-state index contributed by atoms with van der Waals surface area (Å²) in [6.45, 7) is 2.74. The molecule has 0 unspecified atom stereocenters. The number of hydrogen-bond donors (Lipinski definition) is 0. The van der Waals surface area contributed by atoms with Crippen LogP contribution in [0.3, 0.4) is 0 Å². The lowest BCUT2D eigenvalue weighted by molar-refractivity contribution is -0.117. The van der Waals surface area contributed by atoms with Crippen LogP contribution in [-0.2, 0) is 20.7 Å². The van der Waals surface area contributed by atoms with Gasteiger partial charge in [0.25, 0.3) is 0 Å². The number of ether oxygens (including phenoxy) is 1. The van der Waals surface area contributed by atoms with Crippen LogP contribution in [0.2, 0.25) is 0 Å². The van der Waals surface area contributed by atoms with E-state index in [1.54, 1.807) is 6.08 Å². The van der Waals surface area contributed by atoms with Gasteiger partial charge in [-0.25, -0.2) is 4.99 Å². The van der Waals surface area contributed by atoms with Crippen molar-refractivity contribution in [3.05, 3.63) is 41.7 Å². The lowest BCUT2D eigenvalue weighted by Crippen LogP contribution is -2.41. The van der Waals surface area contributed by atoms with Crippen molar-refractivity contribution >= 4 is 23.1 Å². The van der Waals surface area contributed by atoms with Crippen molar-refractivity contribution in [2.75, 3.05) is 31.2 Å². The van der Waals surface area contributed by atoms with E-state index >= 15 is 0 Å². The highest BCUT2D eigenvalue weighted by Gasteiger charge is 2.43. The van der Waals surface area contributed by atoms with Gasteiger partial charge in [-0.2, -0.15) is 0 Å². The van der Waals surface area contributed by atoms with E-state index in [0.717, 1.165) is 25.2 Å². The Kier molecular flexibility index (Phi) is 4.51. The Hall–Kier alpha value is -2.47. The molecule has 6 nitrogen and oxygen atoms in total. The maximum atomic E-state index is 13.3. The number of ketones is 1. The third-order valence-corrected chi connectivity index (χ3v) is 6.08. The van der Waals surface area contributed by atoms with Gasteiger partial charge in [0.15, 0.2) is 5.78 Å². The molecule has 5 rings (SSSR count). The Balaban J connectivity index is 1.36. The number of morpholine rings is 1. The van der Waals surface area contributed by atoms with Crippen LogP contribution in [0.1, 0.15) is 31.2 Å². The maximum Gasteiger partial charge on any atom is 0.232 e. The number of para-hydroxylation sites is 1. The highest BCUT2D eigenvalue weighted by atomic mass is 16.5. The summed E-state index contributed by atoms with van der Waals surface area (Å²) in [7, 11) is 0. The van der Waals surface area contributed by atoms with Crippen LogP contribution in [0.5, 0.6) is 0 Å². The van der Waals surface area contributed by atoms with E-state index in [1.165, 1.54) is 18.4 Å². The lowest BCUT2D eigenvalue weighted by Gasteiger charge is -2.30. The van der Waals surface area contributed by atoms with Crippen LogP contribution in [-0.4, -0.2) is 54.6 Å². The van der Waals surface area contributed by atoms with Crippen molar-refractivity contribution < 1.29 is 14.3 Å². The fourth-order valence-corrected chi connectivity index (χ4v) is 4.54. The Labute approximate surface area is 164 Å². The number of hydrogen-bond acceptors (Lipinski definition) is 5. The number of allylic oxidation sites excluding steroid dienone is 1. The number of carbonyl (C=O) groups excluding carboxylic acids is 2. The van der Waals surface area contributed by atoms with Gasteiger partial charge in [0.1, 0.15) is 5.82 Å². The van der Waals surface area contributed by atoms with Crippen LogP contribution in [0.25, 0.3) is 0 Å². The van der Waals surface area contributed by atoms with Crippen LogP contribution >= 0.6 is 0 Å². The summed E-state index contributed by atoms with van der Waals surface area (Å²) in [5, 5.41) is 0. The van der Waals surface area contributed by atoms with Crippen molar-refractivity contribution in [3.8, 4) is 0 Å². The van der Waals surface area contributed by atoms with E-state index in [1.807, 2.05) is 23.1 Å². The Morgan fingerprint density at radius 1 is 1.18 bits per heavy atom. The van der Waals surface area contributed by atoms with Gasteiger partial charge in [-0.15, -0.1) is 0 Å². The van der Waals surface area contributed by atoms with Crippen LogP contribution in [0.4, 0.5) is 5.69 Å². The molecule has 2 fully saturated rings. The molecule has 28 heavy (non-hydrogen) atoms. The molecule has 0 bridgehead atoms. The van der Waals surface area contributed by atoms with Crippen LogP contribution in [0.15, 0.2) is 41.2 Å². The quantitative estimate of drug-likeness (QED) is 0.806. The SMILES string of the molecule is O=C1C=C(N2CCOCC2)N=C(CC(=O)N2c3ccccc3C[C@@H]2C2CC2)C1. The minimum absolute atomic E-state index is 0.0276. The number of fused-ring (bicyclic) bond motifs is 1. The molecule has 3 heterocycles. The van der Waals surface area contributed by atoms with Crippen molar-refractivity contribution in [2.45, 2.75) is 38.1 Å². The van der Waals surface area contributed by atoms with Crippen molar-refractivity contribution in [1.29, 1.82) is 0 Å². The highest BCUT2D eigenvalue weighted by molar-refractivity contribution is 6.16. The summed E-state index contributed by atoms with van der Waals surface area (Å²) < 4.78 is 5.39. The zero-order valence-corrected chi connectivity index (χ0v) is 16.0. The molecular formula is C22H25N3O3. The second-order valence-electron chi connectivity index (χ2n) is 8.10. The van der Waals surface area contributed by atoms with Gasteiger partial charge >= 0.3 is 0 Å². The summed E-state index contributed by atoms with van der Waals surface area (Å²) in [6.07, 6.45) is 5.40. The Morgan fingerprint density at radius 3 is 2.75 bits per heavy atom. The zero-order valence-electron chi connectivity index (χ0n) is 16.0. The number of aliphatic imine (C=N–C) groups is 1. The lowest BCUT2D eigenvalue weighted by atomic mass is 10.0. The molecule has 1 aliphatic carbocycles. The minimum atomic E-state index is 0.0276. The molecule has 1 amide bonds. The first-order valence-electron chi connectivity index (χ1n) is 10.2. The van der Waals surface area contributed by atoms with Gasteiger partial charge in [-0.1, -0.05) is 18.2 Å². The topological polar surface area (TPSA) is 62.2 Å². The molecule has 1 atom stereocenters. The predicted octanol–water partition coefficient (Wildman–Crippen LogP) is 2.33. The number of nitrogens with zero attached hydrogens (tertiary/aromatic N) is 3. The first kappa shape index (κ1) is 17.6. The molecule has 0 radical (unpaired) electrons. The van der Waals surface area contributed by atoms with E-state index in [-0.39, 0.29) is 30.6 Å². The molecule has 1 aromatic carbocycles. The van der Waals surface area contributed by atoms with Crippen LogP contribution in [0, 0.1) is 5.92 Å². The van der Waals surface area contributed by atoms with Crippen molar-refractivity contribution in [3.63, 3.8) is 0 Å². The smallest absolute Gasteiger partial charge is 0.232 e. The Morgan fingerprint density at radius 2 is 1.96 bits per heavy atom. The summed E-state index contributed by atoms with van der Waals surface area (Å²) in [5.41, 5.74) is 2.97. The monoisotopic (exact) mass is 379 g/mol. The first-order valence-corrected chi connectivity index (χ1v) is 10.2. The molecule has 146 valence electrons. The highest BCUT2D eigenvalue weighted by Crippen LogP contribution is 2.44. The van der Waals surface area contributed by atoms with E-state index in [4.69, 9.17) is 4.74 Å².